The van der Waals surface area contributed by atoms with Crippen LogP contribution in [-0.4, -0.2) is 4.98 Å². The normalized spacial score (nSPS) is 6.86. The molecule has 0 atom stereocenters. The van der Waals surface area contributed by atoms with Crippen molar-refractivity contribution in [2.24, 2.45) is 0 Å². The van der Waals surface area contributed by atoms with Gasteiger partial charge in [0.2, 0.25) is 0 Å². The van der Waals surface area contributed by atoms with Crippen LogP contribution in [0.3, 0.4) is 0 Å². The van der Waals surface area contributed by atoms with E-state index >= 15 is 0 Å². The SMILES string of the molecule is [Os].c1ccncc1. The van der Waals surface area contributed by atoms with Gasteiger partial charge < -0.3 is 0 Å². The van der Waals surface area contributed by atoms with Crippen molar-refractivity contribution in [3.05, 3.63) is 30.6 Å². The van der Waals surface area contributed by atoms with Crippen molar-refractivity contribution in [1.82, 2.24) is 4.98 Å². The molecule has 2 heteroatoms. The zero-order valence-electron chi connectivity index (χ0n) is 3.69. The number of hydrogen-bond donors (Lipinski definition) is 0. The molecule has 0 radical (unpaired) electrons. The Balaban J connectivity index is 0.000000360. The van der Waals surface area contributed by atoms with Gasteiger partial charge in [-0.25, -0.2) is 0 Å². The number of aromatic nitrogens is 1. The first-order chi connectivity index (χ1) is 3.00. The van der Waals surface area contributed by atoms with E-state index in [0.717, 1.165) is 0 Å². The molecule has 0 saturated heterocycles. The topological polar surface area (TPSA) is 12.9 Å². The Bertz CT molecular complexity index is 80.0. The van der Waals surface area contributed by atoms with Crippen LogP contribution in [0.25, 0.3) is 0 Å². The van der Waals surface area contributed by atoms with Gasteiger partial charge in [-0.05, 0) is 12.1 Å². The number of pyridine rings is 1. The molecule has 0 saturated carbocycles. The molecule has 0 unspecified atom stereocenters. The predicted molar refractivity (Wildman–Crippen MR) is 24.2 cm³/mol. The summed E-state index contributed by atoms with van der Waals surface area (Å²) >= 11 is 0. The third-order valence-electron chi connectivity index (χ3n) is 0.566. The fraction of sp³-hybridized carbons (Fsp3) is 0. The van der Waals surface area contributed by atoms with E-state index in [4.69, 9.17) is 0 Å². The van der Waals surface area contributed by atoms with Gasteiger partial charge in [-0.3, -0.25) is 4.98 Å². The van der Waals surface area contributed by atoms with E-state index in [1.807, 2.05) is 18.2 Å². The summed E-state index contributed by atoms with van der Waals surface area (Å²) in [5, 5.41) is 0. The third kappa shape index (κ3) is 2.48. The summed E-state index contributed by atoms with van der Waals surface area (Å²) in [6, 6.07) is 5.72. The van der Waals surface area contributed by atoms with Crippen LogP contribution in [0, 0.1) is 0 Å². The monoisotopic (exact) mass is 271 g/mol. The van der Waals surface area contributed by atoms with E-state index < -0.39 is 0 Å². The molecule has 0 bridgehead atoms. The number of rotatable bonds is 0. The van der Waals surface area contributed by atoms with Crippen LogP contribution in [0.1, 0.15) is 0 Å². The van der Waals surface area contributed by atoms with Crippen LogP contribution < -0.4 is 0 Å². The van der Waals surface area contributed by atoms with Crippen LogP contribution in [0.5, 0.6) is 0 Å². The fourth-order valence-corrected chi connectivity index (χ4v) is 0.313. The molecule has 1 nitrogen and oxygen atoms in total. The fourth-order valence-electron chi connectivity index (χ4n) is 0.313. The molecule has 38 valence electrons. The van der Waals surface area contributed by atoms with E-state index in [2.05, 4.69) is 4.98 Å². The number of nitrogens with zero attached hydrogens (tertiary/aromatic N) is 1. The Morgan fingerprint density at radius 2 is 1.43 bits per heavy atom. The van der Waals surface area contributed by atoms with Gasteiger partial charge in [0.25, 0.3) is 0 Å². The Morgan fingerprint density at radius 1 is 0.857 bits per heavy atom. The minimum absolute atomic E-state index is 0. The van der Waals surface area contributed by atoms with Crippen molar-refractivity contribution in [3.63, 3.8) is 0 Å². The predicted octanol–water partition coefficient (Wildman–Crippen LogP) is 1.08. The second kappa shape index (κ2) is 3.96. The molecule has 0 amide bonds. The molecule has 0 spiro atoms. The quantitative estimate of drug-likeness (QED) is 0.687. The van der Waals surface area contributed by atoms with Crippen molar-refractivity contribution in [2.45, 2.75) is 0 Å². The summed E-state index contributed by atoms with van der Waals surface area (Å²) < 4.78 is 0. The Labute approximate surface area is 55.8 Å². The first-order valence-electron chi connectivity index (χ1n) is 1.85. The number of hydrogen-bond acceptors (Lipinski definition) is 1. The summed E-state index contributed by atoms with van der Waals surface area (Å²) in [4.78, 5) is 3.78. The van der Waals surface area contributed by atoms with E-state index in [-0.39, 0.29) is 19.8 Å². The Kier molecular flexibility index (Phi) is 3.84. The maximum Gasteiger partial charge on any atom is 0.0267 e. The van der Waals surface area contributed by atoms with Gasteiger partial charge in [0.1, 0.15) is 0 Å². The molecular weight excluding hydrogens is 264 g/mol. The van der Waals surface area contributed by atoms with Gasteiger partial charge >= 0.3 is 0 Å². The van der Waals surface area contributed by atoms with E-state index in [0.29, 0.717) is 0 Å². The minimum Gasteiger partial charge on any atom is -0.265 e. The standard InChI is InChI=1S/C5H5N.Os/c1-2-4-6-5-3-1;/h1-5H;. The van der Waals surface area contributed by atoms with Gasteiger partial charge in [-0.15, -0.1) is 0 Å². The molecule has 7 heavy (non-hydrogen) atoms. The van der Waals surface area contributed by atoms with Crippen LogP contribution in [0.15, 0.2) is 30.6 Å². The van der Waals surface area contributed by atoms with Crippen molar-refractivity contribution in [3.8, 4) is 0 Å². The molecule has 0 aliphatic rings. The van der Waals surface area contributed by atoms with Crippen molar-refractivity contribution < 1.29 is 19.8 Å². The maximum absolute atomic E-state index is 3.78. The summed E-state index contributed by atoms with van der Waals surface area (Å²) in [7, 11) is 0. The average Bonchev–Trinajstić information content (AvgIpc) is 1.72. The molecule has 1 aromatic heterocycles. The van der Waals surface area contributed by atoms with Crippen molar-refractivity contribution in [2.75, 3.05) is 0 Å². The molecule has 1 aromatic rings. The van der Waals surface area contributed by atoms with Gasteiger partial charge in [0.05, 0.1) is 0 Å². The second-order valence-electron chi connectivity index (χ2n) is 1.02. The summed E-state index contributed by atoms with van der Waals surface area (Å²) in [6.07, 6.45) is 3.50. The molecule has 1 heterocycles. The molecule has 1 rings (SSSR count). The smallest absolute Gasteiger partial charge is 0.0267 e. The van der Waals surface area contributed by atoms with Gasteiger partial charge in [0, 0.05) is 32.2 Å². The zero-order valence-corrected chi connectivity index (χ0v) is 6.23. The summed E-state index contributed by atoms with van der Waals surface area (Å²) in [5.74, 6) is 0. The van der Waals surface area contributed by atoms with Crippen LogP contribution in [0.2, 0.25) is 0 Å². The summed E-state index contributed by atoms with van der Waals surface area (Å²) in [6.45, 7) is 0. The molecule has 0 aliphatic carbocycles. The van der Waals surface area contributed by atoms with Gasteiger partial charge in [-0.2, -0.15) is 0 Å². The molecular formula is C5H5NOs. The Morgan fingerprint density at radius 3 is 1.57 bits per heavy atom. The summed E-state index contributed by atoms with van der Waals surface area (Å²) in [5.41, 5.74) is 0. The van der Waals surface area contributed by atoms with Crippen molar-refractivity contribution in [1.29, 1.82) is 0 Å². The van der Waals surface area contributed by atoms with Gasteiger partial charge in [-0.1, -0.05) is 6.07 Å². The van der Waals surface area contributed by atoms with E-state index in [1.54, 1.807) is 12.4 Å². The second-order valence-corrected chi connectivity index (χ2v) is 1.02. The van der Waals surface area contributed by atoms with Crippen molar-refractivity contribution >= 4 is 0 Å². The Hall–Kier alpha value is -0.214. The van der Waals surface area contributed by atoms with Gasteiger partial charge in [0.15, 0.2) is 0 Å². The van der Waals surface area contributed by atoms with Crippen LogP contribution in [0.4, 0.5) is 0 Å². The van der Waals surface area contributed by atoms with E-state index in [9.17, 15) is 0 Å². The molecule has 0 N–H and O–H groups in total. The first-order valence-corrected chi connectivity index (χ1v) is 1.85. The third-order valence-corrected chi connectivity index (χ3v) is 0.566. The average molecular weight is 269 g/mol. The van der Waals surface area contributed by atoms with Crippen LogP contribution in [-0.2, 0) is 19.8 Å². The molecule has 0 aliphatic heterocycles. The minimum atomic E-state index is 0. The first kappa shape index (κ1) is 6.79. The molecule has 0 aromatic carbocycles. The molecule has 0 fully saturated rings. The largest absolute Gasteiger partial charge is 0.265 e. The maximum atomic E-state index is 3.78. The van der Waals surface area contributed by atoms with Crippen LogP contribution >= 0.6 is 0 Å². The zero-order chi connectivity index (χ0) is 4.24. The van der Waals surface area contributed by atoms with E-state index in [1.165, 1.54) is 0 Å².